The van der Waals surface area contributed by atoms with Crippen molar-refractivity contribution in [3.8, 4) is 11.1 Å². The van der Waals surface area contributed by atoms with Gasteiger partial charge >= 0.3 is 0 Å². The summed E-state index contributed by atoms with van der Waals surface area (Å²) in [6, 6.07) is 11.9. The minimum atomic E-state index is -0.129. The zero-order chi connectivity index (χ0) is 16.9. The van der Waals surface area contributed by atoms with Crippen LogP contribution in [0.4, 0.5) is 5.13 Å². The van der Waals surface area contributed by atoms with Gasteiger partial charge in [-0.3, -0.25) is 10.1 Å². The van der Waals surface area contributed by atoms with E-state index in [0.717, 1.165) is 29.0 Å². The Labute approximate surface area is 149 Å². The molecule has 1 N–H and O–H groups in total. The van der Waals surface area contributed by atoms with Crippen molar-refractivity contribution in [2.75, 3.05) is 5.32 Å². The Morgan fingerprint density at radius 1 is 1.12 bits per heavy atom. The van der Waals surface area contributed by atoms with Gasteiger partial charge in [-0.2, -0.15) is 0 Å². The van der Waals surface area contributed by atoms with E-state index in [2.05, 4.69) is 29.4 Å². The van der Waals surface area contributed by atoms with Gasteiger partial charge in [0.1, 0.15) is 9.88 Å². The first-order valence-corrected chi connectivity index (χ1v) is 9.70. The maximum Gasteiger partial charge on any atom is 0.268 e. The molecule has 0 saturated carbocycles. The quantitative estimate of drug-likeness (QED) is 0.640. The lowest BCUT2D eigenvalue weighted by molar-refractivity contribution is 0.103. The lowest BCUT2D eigenvalue weighted by Crippen LogP contribution is -2.11. The number of aromatic nitrogens is 2. The number of carbonyl (C=O) groups excluding carboxylic acids is 1. The van der Waals surface area contributed by atoms with Crippen molar-refractivity contribution in [2.24, 2.45) is 0 Å². The summed E-state index contributed by atoms with van der Waals surface area (Å²) in [5.74, 6) is 0.283. The number of carbonyl (C=O) groups is 1. The number of amides is 1. The fourth-order valence-electron chi connectivity index (χ4n) is 2.57. The Balaban J connectivity index is 1.78. The average Bonchev–Trinajstić information content (AvgIpc) is 3.26. The largest absolute Gasteiger partial charge is 0.296 e. The van der Waals surface area contributed by atoms with Crippen LogP contribution in [-0.4, -0.2) is 16.1 Å². The molecule has 2 heterocycles. The van der Waals surface area contributed by atoms with Crippen molar-refractivity contribution in [2.45, 2.75) is 32.6 Å². The molecule has 0 aliphatic carbocycles. The van der Waals surface area contributed by atoms with Gasteiger partial charge in [0.05, 0.1) is 0 Å². The van der Waals surface area contributed by atoms with Crippen LogP contribution in [0.25, 0.3) is 11.1 Å². The lowest BCUT2D eigenvalue weighted by Gasteiger charge is -2.06. The number of hydrogen-bond acceptors (Lipinski definition) is 5. The Morgan fingerprint density at radius 3 is 2.58 bits per heavy atom. The monoisotopic (exact) mass is 357 g/mol. The topological polar surface area (TPSA) is 54.9 Å². The maximum absolute atomic E-state index is 12.6. The van der Waals surface area contributed by atoms with E-state index in [4.69, 9.17) is 0 Å². The molecule has 0 spiro atoms. The number of nitrogens with one attached hydrogen (secondary N) is 1. The smallest absolute Gasteiger partial charge is 0.268 e. The molecule has 24 heavy (non-hydrogen) atoms. The lowest BCUT2D eigenvalue weighted by atomic mass is 10.1. The summed E-state index contributed by atoms with van der Waals surface area (Å²) in [6.07, 6.45) is 2.06. The average molecular weight is 358 g/mol. The molecule has 6 heteroatoms. The summed E-state index contributed by atoms with van der Waals surface area (Å²) in [7, 11) is 0. The van der Waals surface area contributed by atoms with E-state index >= 15 is 0 Å². The van der Waals surface area contributed by atoms with Crippen LogP contribution < -0.4 is 5.32 Å². The van der Waals surface area contributed by atoms with Gasteiger partial charge in [-0.15, -0.1) is 21.5 Å². The molecule has 1 aromatic carbocycles. The van der Waals surface area contributed by atoms with Crippen LogP contribution in [0.2, 0.25) is 0 Å². The van der Waals surface area contributed by atoms with E-state index in [1.165, 1.54) is 22.7 Å². The molecule has 0 saturated heterocycles. The molecule has 0 atom stereocenters. The molecule has 0 unspecified atom stereocenters. The van der Waals surface area contributed by atoms with E-state index < -0.39 is 0 Å². The third-order valence-corrected chi connectivity index (χ3v) is 5.87. The van der Waals surface area contributed by atoms with E-state index in [1.54, 1.807) is 0 Å². The van der Waals surface area contributed by atoms with Crippen LogP contribution in [0.5, 0.6) is 0 Å². The van der Waals surface area contributed by atoms with Crippen LogP contribution in [0.3, 0.4) is 0 Å². The Kier molecular flexibility index (Phi) is 5.37. The molecule has 0 aliphatic heterocycles. The highest BCUT2D eigenvalue weighted by Crippen LogP contribution is 2.31. The highest BCUT2D eigenvalue weighted by atomic mass is 32.1. The molecular formula is C18H19N3OS2. The van der Waals surface area contributed by atoms with Crippen LogP contribution in [0.1, 0.15) is 47.3 Å². The van der Waals surface area contributed by atoms with E-state index in [-0.39, 0.29) is 5.91 Å². The molecule has 0 fully saturated rings. The van der Waals surface area contributed by atoms with Crippen LogP contribution in [-0.2, 0) is 0 Å². The summed E-state index contributed by atoms with van der Waals surface area (Å²) in [5, 5.41) is 14.7. The summed E-state index contributed by atoms with van der Waals surface area (Å²) in [5.41, 5.74) is 1.99. The number of rotatable bonds is 6. The Morgan fingerprint density at radius 2 is 1.88 bits per heavy atom. The van der Waals surface area contributed by atoms with Crippen molar-refractivity contribution in [3.63, 3.8) is 0 Å². The van der Waals surface area contributed by atoms with Gasteiger partial charge in [-0.05, 0) is 29.9 Å². The molecule has 1 amide bonds. The molecule has 2 aromatic heterocycles. The molecule has 0 bridgehead atoms. The Bertz CT molecular complexity index is 807. The van der Waals surface area contributed by atoms with Crippen molar-refractivity contribution in [1.29, 1.82) is 0 Å². The van der Waals surface area contributed by atoms with Gasteiger partial charge < -0.3 is 0 Å². The number of hydrogen-bond donors (Lipinski definition) is 1. The van der Waals surface area contributed by atoms with Gasteiger partial charge in [0, 0.05) is 11.5 Å². The normalized spacial score (nSPS) is 11.0. The highest BCUT2D eigenvalue weighted by Gasteiger charge is 2.18. The van der Waals surface area contributed by atoms with Crippen LogP contribution >= 0.6 is 22.7 Å². The van der Waals surface area contributed by atoms with Gasteiger partial charge in [-0.25, -0.2) is 0 Å². The van der Waals surface area contributed by atoms with E-state index in [9.17, 15) is 4.79 Å². The molecule has 0 radical (unpaired) electrons. The SMILES string of the molecule is CCC(CC)c1nnc(NC(=O)c2sccc2-c2ccccc2)s1. The van der Waals surface area contributed by atoms with Gasteiger partial charge in [0.15, 0.2) is 0 Å². The first kappa shape index (κ1) is 16.8. The highest BCUT2D eigenvalue weighted by molar-refractivity contribution is 7.16. The number of benzene rings is 1. The maximum atomic E-state index is 12.6. The van der Waals surface area contributed by atoms with E-state index in [1.807, 2.05) is 41.8 Å². The van der Waals surface area contributed by atoms with Gasteiger partial charge in [-0.1, -0.05) is 55.5 Å². The second-order valence-electron chi connectivity index (χ2n) is 5.44. The number of nitrogens with zero attached hydrogens (tertiary/aromatic N) is 2. The molecule has 4 nitrogen and oxygen atoms in total. The third kappa shape index (κ3) is 3.55. The number of anilines is 1. The minimum absolute atomic E-state index is 0.129. The second-order valence-corrected chi connectivity index (χ2v) is 7.37. The molecule has 3 aromatic rings. The summed E-state index contributed by atoms with van der Waals surface area (Å²) in [6.45, 7) is 4.29. The summed E-state index contributed by atoms with van der Waals surface area (Å²) < 4.78 is 0. The van der Waals surface area contributed by atoms with Crippen molar-refractivity contribution >= 4 is 33.7 Å². The van der Waals surface area contributed by atoms with Gasteiger partial charge in [0.2, 0.25) is 5.13 Å². The van der Waals surface area contributed by atoms with Crippen molar-refractivity contribution < 1.29 is 4.79 Å². The van der Waals surface area contributed by atoms with Crippen molar-refractivity contribution in [1.82, 2.24) is 10.2 Å². The zero-order valence-electron chi connectivity index (χ0n) is 13.7. The summed E-state index contributed by atoms with van der Waals surface area (Å²) in [4.78, 5) is 13.3. The van der Waals surface area contributed by atoms with E-state index in [0.29, 0.717) is 15.9 Å². The molecular weight excluding hydrogens is 338 g/mol. The third-order valence-electron chi connectivity index (χ3n) is 3.95. The summed E-state index contributed by atoms with van der Waals surface area (Å²) >= 11 is 2.91. The fraction of sp³-hybridized carbons (Fsp3) is 0.278. The standard InChI is InChI=1S/C18H19N3OS2/c1-3-12(4-2)17-20-21-18(24-17)19-16(22)15-14(10-11-23-15)13-8-6-5-7-9-13/h5-12H,3-4H2,1-2H3,(H,19,21,22). The van der Waals surface area contributed by atoms with Crippen molar-refractivity contribution in [3.05, 3.63) is 51.7 Å². The molecule has 124 valence electrons. The zero-order valence-corrected chi connectivity index (χ0v) is 15.3. The predicted molar refractivity (Wildman–Crippen MR) is 101 cm³/mol. The second kappa shape index (κ2) is 7.68. The predicted octanol–water partition coefficient (Wildman–Crippen LogP) is 5.42. The molecule has 3 rings (SSSR count). The fourth-order valence-corrected chi connectivity index (χ4v) is 4.39. The van der Waals surface area contributed by atoms with Gasteiger partial charge in [0.25, 0.3) is 5.91 Å². The first-order valence-electron chi connectivity index (χ1n) is 8.00. The Hall–Kier alpha value is -2.05. The van der Waals surface area contributed by atoms with Crippen LogP contribution in [0.15, 0.2) is 41.8 Å². The first-order chi connectivity index (χ1) is 11.7. The van der Waals surface area contributed by atoms with Crippen LogP contribution in [0, 0.1) is 0 Å². The molecule has 0 aliphatic rings. The minimum Gasteiger partial charge on any atom is -0.296 e. The number of thiophene rings is 1.